The molecule has 1 atom stereocenters. The van der Waals surface area contributed by atoms with Crippen LogP contribution < -0.4 is 0 Å². The van der Waals surface area contributed by atoms with E-state index in [0.29, 0.717) is 12.0 Å². The van der Waals surface area contributed by atoms with Crippen molar-refractivity contribution in [3.63, 3.8) is 0 Å². The van der Waals surface area contributed by atoms with Gasteiger partial charge in [-0.1, -0.05) is 42.7 Å². The minimum absolute atomic E-state index is 0.372. The maximum Gasteiger partial charge on any atom is 0.139 e. The van der Waals surface area contributed by atoms with Crippen LogP contribution in [-0.4, -0.2) is 16.6 Å². The number of hydrogen-bond acceptors (Lipinski definition) is 3. The molecule has 0 amide bonds. The first-order chi connectivity index (χ1) is 10.1. The van der Waals surface area contributed by atoms with E-state index in [1.54, 1.807) is 0 Å². The monoisotopic (exact) mass is 304 g/mol. The number of nitrogens with zero attached hydrogens (tertiary/aromatic N) is 2. The molecule has 0 saturated carbocycles. The smallest absolute Gasteiger partial charge is 0.139 e. The third-order valence-corrected chi connectivity index (χ3v) is 4.37. The van der Waals surface area contributed by atoms with Crippen molar-refractivity contribution in [2.75, 3.05) is 6.54 Å². The summed E-state index contributed by atoms with van der Waals surface area (Å²) in [5.74, 6) is 1.36. The van der Waals surface area contributed by atoms with E-state index in [2.05, 4.69) is 42.1 Å². The summed E-state index contributed by atoms with van der Waals surface area (Å²) in [6.45, 7) is 6.30. The van der Waals surface area contributed by atoms with Crippen molar-refractivity contribution >= 4 is 11.6 Å². The first-order valence-corrected chi connectivity index (χ1v) is 7.96. The van der Waals surface area contributed by atoms with E-state index in [4.69, 9.17) is 16.1 Å². The predicted molar refractivity (Wildman–Crippen MR) is 84.4 cm³/mol. The van der Waals surface area contributed by atoms with Crippen LogP contribution in [0.2, 0.25) is 5.02 Å². The van der Waals surface area contributed by atoms with E-state index in [1.807, 2.05) is 12.1 Å². The van der Waals surface area contributed by atoms with Crippen LogP contribution in [0.1, 0.15) is 55.7 Å². The highest BCUT2D eigenvalue weighted by Crippen LogP contribution is 2.33. The number of aromatic nitrogens is 1. The van der Waals surface area contributed by atoms with Crippen LogP contribution in [0, 0.1) is 0 Å². The molecular weight excluding hydrogens is 284 g/mol. The summed E-state index contributed by atoms with van der Waals surface area (Å²) in [5, 5.41) is 5.07. The number of halogens is 1. The van der Waals surface area contributed by atoms with E-state index < -0.39 is 0 Å². The Morgan fingerprint density at radius 3 is 2.76 bits per heavy atom. The third kappa shape index (κ3) is 3.30. The van der Waals surface area contributed by atoms with Crippen LogP contribution in [0.4, 0.5) is 0 Å². The largest absolute Gasteiger partial charge is 0.361 e. The van der Waals surface area contributed by atoms with Gasteiger partial charge in [0.25, 0.3) is 0 Å². The first-order valence-electron chi connectivity index (χ1n) is 7.58. The summed E-state index contributed by atoms with van der Waals surface area (Å²) in [4.78, 5) is 2.48. The summed E-state index contributed by atoms with van der Waals surface area (Å²) in [6.07, 6.45) is 2.36. The molecule has 0 bridgehead atoms. The van der Waals surface area contributed by atoms with Crippen molar-refractivity contribution in [3.8, 4) is 0 Å². The molecule has 0 spiro atoms. The molecule has 0 aliphatic carbocycles. The maximum atomic E-state index is 5.95. The van der Waals surface area contributed by atoms with Gasteiger partial charge in [-0.05, 0) is 37.1 Å². The Bertz CT molecular complexity index is 591. The fourth-order valence-electron chi connectivity index (χ4n) is 2.91. The van der Waals surface area contributed by atoms with E-state index in [9.17, 15) is 0 Å². The van der Waals surface area contributed by atoms with Crippen LogP contribution in [0.3, 0.4) is 0 Å². The zero-order chi connectivity index (χ0) is 14.8. The van der Waals surface area contributed by atoms with Crippen LogP contribution in [0.5, 0.6) is 0 Å². The van der Waals surface area contributed by atoms with Gasteiger partial charge in [0, 0.05) is 23.6 Å². The van der Waals surface area contributed by atoms with Crippen molar-refractivity contribution in [3.05, 3.63) is 52.4 Å². The maximum absolute atomic E-state index is 5.95. The molecular formula is C17H21ClN2O. The van der Waals surface area contributed by atoms with Gasteiger partial charge in [-0.25, -0.2) is 0 Å². The Labute approximate surface area is 130 Å². The van der Waals surface area contributed by atoms with Crippen molar-refractivity contribution < 1.29 is 4.52 Å². The second-order valence-electron chi connectivity index (χ2n) is 6.06. The number of hydrogen-bond donors (Lipinski definition) is 0. The first kappa shape index (κ1) is 14.6. The van der Waals surface area contributed by atoms with Crippen LogP contribution >= 0.6 is 11.6 Å². The molecule has 4 heteroatoms. The van der Waals surface area contributed by atoms with Crippen molar-refractivity contribution in [1.29, 1.82) is 0 Å². The fourth-order valence-corrected chi connectivity index (χ4v) is 3.03. The molecule has 1 saturated heterocycles. The number of benzene rings is 1. The molecule has 1 aromatic carbocycles. The van der Waals surface area contributed by atoms with E-state index >= 15 is 0 Å². The van der Waals surface area contributed by atoms with Crippen molar-refractivity contribution in [1.82, 2.24) is 10.1 Å². The minimum atomic E-state index is 0.372. The predicted octanol–water partition coefficient (Wildman–Crippen LogP) is 4.79. The molecule has 3 nitrogen and oxygen atoms in total. The zero-order valence-corrected chi connectivity index (χ0v) is 13.3. The lowest BCUT2D eigenvalue weighted by Crippen LogP contribution is -2.22. The summed E-state index contributed by atoms with van der Waals surface area (Å²) in [7, 11) is 0. The molecule has 112 valence electrons. The normalized spacial score (nSPS) is 19.5. The zero-order valence-electron chi connectivity index (χ0n) is 12.6. The quantitative estimate of drug-likeness (QED) is 0.813. The van der Waals surface area contributed by atoms with Crippen LogP contribution in [0.25, 0.3) is 0 Å². The molecule has 1 aromatic heterocycles. The second-order valence-corrected chi connectivity index (χ2v) is 6.50. The Kier molecular flexibility index (Phi) is 4.32. The van der Waals surface area contributed by atoms with Crippen molar-refractivity contribution in [2.24, 2.45) is 0 Å². The molecule has 1 aliphatic heterocycles. The molecule has 1 aliphatic rings. The lowest BCUT2D eigenvalue weighted by Gasteiger charge is -2.22. The van der Waals surface area contributed by atoms with Gasteiger partial charge in [0.05, 0.1) is 6.04 Å². The highest BCUT2D eigenvalue weighted by atomic mass is 35.5. The highest BCUT2D eigenvalue weighted by molar-refractivity contribution is 6.30. The standard InChI is InChI=1S/C17H21ClN2O/c1-12(2)17-10-15(19-21-17)16-4-3-9-20(16)11-13-5-7-14(18)8-6-13/h5-8,10,12,16H,3-4,9,11H2,1-2H3/t16-/m0/s1. The lowest BCUT2D eigenvalue weighted by molar-refractivity contribution is 0.236. The minimum Gasteiger partial charge on any atom is -0.361 e. The Balaban J connectivity index is 1.74. The molecule has 3 rings (SSSR count). The molecule has 21 heavy (non-hydrogen) atoms. The summed E-state index contributed by atoms with van der Waals surface area (Å²) < 4.78 is 5.46. The Morgan fingerprint density at radius 2 is 2.10 bits per heavy atom. The Hall–Kier alpha value is -1.32. The molecule has 0 unspecified atom stereocenters. The molecule has 2 aromatic rings. The summed E-state index contributed by atoms with van der Waals surface area (Å²) in [6, 6.07) is 10.6. The van der Waals surface area contributed by atoms with Gasteiger partial charge in [0.2, 0.25) is 0 Å². The summed E-state index contributed by atoms with van der Waals surface area (Å²) >= 11 is 5.95. The van der Waals surface area contributed by atoms with Gasteiger partial charge in [-0.15, -0.1) is 0 Å². The highest BCUT2D eigenvalue weighted by Gasteiger charge is 2.28. The second kappa shape index (κ2) is 6.20. The van der Waals surface area contributed by atoms with Gasteiger partial charge < -0.3 is 4.52 Å². The van der Waals surface area contributed by atoms with E-state index in [0.717, 1.165) is 36.0 Å². The fraction of sp³-hybridized carbons (Fsp3) is 0.471. The van der Waals surface area contributed by atoms with E-state index in [1.165, 1.54) is 12.0 Å². The number of likely N-dealkylation sites (tertiary alicyclic amines) is 1. The molecule has 1 fully saturated rings. The third-order valence-electron chi connectivity index (χ3n) is 4.12. The molecule has 2 heterocycles. The topological polar surface area (TPSA) is 29.3 Å². The lowest BCUT2D eigenvalue weighted by atomic mass is 10.1. The summed E-state index contributed by atoms with van der Waals surface area (Å²) in [5.41, 5.74) is 2.36. The van der Waals surface area contributed by atoms with Gasteiger partial charge in [-0.3, -0.25) is 4.90 Å². The Morgan fingerprint density at radius 1 is 1.33 bits per heavy atom. The van der Waals surface area contributed by atoms with Gasteiger partial charge in [0.1, 0.15) is 11.5 Å². The number of rotatable bonds is 4. The average molecular weight is 305 g/mol. The molecule has 0 N–H and O–H groups in total. The van der Waals surface area contributed by atoms with Gasteiger partial charge >= 0.3 is 0 Å². The van der Waals surface area contributed by atoms with E-state index in [-0.39, 0.29) is 0 Å². The van der Waals surface area contributed by atoms with Gasteiger partial charge in [-0.2, -0.15) is 0 Å². The van der Waals surface area contributed by atoms with Crippen LogP contribution in [-0.2, 0) is 6.54 Å². The van der Waals surface area contributed by atoms with Gasteiger partial charge in [0.15, 0.2) is 0 Å². The molecule has 0 radical (unpaired) electrons. The average Bonchev–Trinajstić information content (AvgIpc) is 3.09. The van der Waals surface area contributed by atoms with Crippen molar-refractivity contribution in [2.45, 2.75) is 45.2 Å². The SMILES string of the molecule is CC(C)c1cc([C@@H]2CCCN2Cc2ccc(Cl)cc2)no1. The van der Waals surface area contributed by atoms with Crippen LogP contribution in [0.15, 0.2) is 34.9 Å².